The summed E-state index contributed by atoms with van der Waals surface area (Å²) in [5.74, 6) is 0.507. The standard InChI is InChI=1S/C33H47N/c1-8-27-15-11-12-16-30(27)20-31(23-34-17-13-14-18-34)33-22-29(10-3)28(9-2)21-32(33)26(7)19-25(6)24(4)5/h11-12,15-16,19,21-22,31H,8-10,13-14,17-18,20,23H2,1-7H3/b26-19+. The number of benzene rings is 2. The van der Waals surface area contributed by atoms with E-state index in [0.29, 0.717) is 5.92 Å². The summed E-state index contributed by atoms with van der Waals surface area (Å²) < 4.78 is 0. The molecule has 3 rings (SSSR count). The molecule has 1 heteroatoms. The maximum atomic E-state index is 2.71. The fraction of sp³-hybridized carbons (Fsp3) is 0.515. The number of likely N-dealkylation sites (tertiary alicyclic amines) is 1. The van der Waals surface area contributed by atoms with E-state index in [1.165, 1.54) is 70.5 Å². The Labute approximate surface area is 210 Å². The Bertz CT molecular complexity index is 1010. The zero-order valence-corrected chi connectivity index (χ0v) is 22.9. The minimum atomic E-state index is 0.507. The molecule has 0 N–H and O–H groups in total. The lowest BCUT2D eigenvalue weighted by Crippen LogP contribution is -2.27. The Morgan fingerprint density at radius 3 is 2.00 bits per heavy atom. The van der Waals surface area contributed by atoms with Crippen molar-refractivity contribution in [2.24, 2.45) is 0 Å². The van der Waals surface area contributed by atoms with E-state index in [1.807, 2.05) is 0 Å². The van der Waals surface area contributed by atoms with Crippen LogP contribution >= 0.6 is 0 Å². The SMILES string of the molecule is CCc1cc(/C(C)=C/C(C)=C(C)C)c(C(Cc2ccccc2CC)CN2CCCC2)cc1CC. The van der Waals surface area contributed by atoms with E-state index in [4.69, 9.17) is 0 Å². The van der Waals surface area contributed by atoms with Crippen molar-refractivity contribution in [1.29, 1.82) is 0 Å². The van der Waals surface area contributed by atoms with Gasteiger partial charge in [-0.3, -0.25) is 0 Å². The van der Waals surface area contributed by atoms with E-state index in [-0.39, 0.29) is 0 Å². The second-order valence-corrected chi connectivity index (χ2v) is 10.5. The molecule has 2 aromatic rings. The first-order valence-corrected chi connectivity index (χ1v) is 13.6. The molecule has 34 heavy (non-hydrogen) atoms. The van der Waals surface area contributed by atoms with Gasteiger partial charge in [0.15, 0.2) is 0 Å². The van der Waals surface area contributed by atoms with Gasteiger partial charge in [0.25, 0.3) is 0 Å². The van der Waals surface area contributed by atoms with Gasteiger partial charge in [-0.25, -0.2) is 0 Å². The number of allylic oxidation sites excluding steroid dienone is 4. The molecule has 1 fully saturated rings. The number of nitrogens with zero attached hydrogens (tertiary/aromatic N) is 1. The molecule has 0 aromatic heterocycles. The third-order valence-corrected chi connectivity index (χ3v) is 7.86. The third kappa shape index (κ3) is 6.51. The average molecular weight is 458 g/mol. The van der Waals surface area contributed by atoms with Gasteiger partial charge in [0.2, 0.25) is 0 Å². The lowest BCUT2D eigenvalue weighted by Gasteiger charge is -2.28. The van der Waals surface area contributed by atoms with Crippen LogP contribution in [-0.2, 0) is 25.7 Å². The van der Waals surface area contributed by atoms with Gasteiger partial charge in [-0.1, -0.05) is 74.4 Å². The molecule has 1 aliphatic rings. The first-order valence-electron chi connectivity index (χ1n) is 13.6. The molecule has 1 atom stereocenters. The van der Waals surface area contributed by atoms with Gasteiger partial charge in [0.1, 0.15) is 0 Å². The molecule has 184 valence electrons. The molecule has 0 radical (unpaired) electrons. The van der Waals surface area contributed by atoms with Crippen LogP contribution in [-0.4, -0.2) is 24.5 Å². The molecule has 0 saturated carbocycles. The molecule has 2 aromatic carbocycles. The molecular weight excluding hydrogens is 410 g/mol. The van der Waals surface area contributed by atoms with E-state index in [1.54, 1.807) is 5.56 Å². The van der Waals surface area contributed by atoms with Gasteiger partial charge in [0, 0.05) is 12.5 Å². The van der Waals surface area contributed by atoms with E-state index in [0.717, 1.165) is 32.2 Å². The number of hydrogen-bond donors (Lipinski definition) is 0. The highest BCUT2D eigenvalue weighted by atomic mass is 15.1. The van der Waals surface area contributed by atoms with Crippen molar-refractivity contribution in [3.63, 3.8) is 0 Å². The summed E-state index contributed by atoms with van der Waals surface area (Å²) in [5.41, 5.74) is 13.3. The van der Waals surface area contributed by atoms with E-state index < -0.39 is 0 Å². The van der Waals surface area contributed by atoms with Crippen molar-refractivity contribution in [2.45, 2.75) is 92.9 Å². The number of hydrogen-bond acceptors (Lipinski definition) is 1. The van der Waals surface area contributed by atoms with E-state index in [9.17, 15) is 0 Å². The lowest BCUT2D eigenvalue weighted by atomic mass is 9.81. The van der Waals surface area contributed by atoms with Crippen LogP contribution in [0.2, 0.25) is 0 Å². The van der Waals surface area contributed by atoms with Crippen LogP contribution in [0.3, 0.4) is 0 Å². The third-order valence-electron chi connectivity index (χ3n) is 7.86. The highest BCUT2D eigenvalue weighted by Gasteiger charge is 2.24. The van der Waals surface area contributed by atoms with Crippen LogP contribution in [0.4, 0.5) is 0 Å². The molecule has 0 spiro atoms. The second kappa shape index (κ2) is 12.5. The van der Waals surface area contributed by atoms with Crippen LogP contribution in [0.15, 0.2) is 53.6 Å². The maximum Gasteiger partial charge on any atom is 0.00537 e. The minimum absolute atomic E-state index is 0.507. The molecule has 1 heterocycles. The predicted octanol–water partition coefficient (Wildman–Crippen LogP) is 8.56. The Hall–Kier alpha value is -2.12. The predicted molar refractivity (Wildman–Crippen MR) is 151 cm³/mol. The first-order chi connectivity index (χ1) is 16.4. The Balaban J connectivity index is 2.16. The van der Waals surface area contributed by atoms with Crippen LogP contribution in [0.5, 0.6) is 0 Å². The molecule has 1 nitrogen and oxygen atoms in total. The summed E-state index contributed by atoms with van der Waals surface area (Å²) in [7, 11) is 0. The van der Waals surface area contributed by atoms with Gasteiger partial charge in [-0.15, -0.1) is 0 Å². The summed E-state index contributed by atoms with van der Waals surface area (Å²) in [6, 6.07) is 14.2. The normalized spacial score (nSPS) is 15.6. The van der Waals surface area contributed by atoms with Gasteiger partial charge in [-0.05, 0) is 118 Å². The number of aryl methyl sites for hydroxylation is 3. The first kappa shape index (κ1) is 26.5. The monoisotopic (exact) mass is 457 g/mol. The fourth-order valence-electron chi connectivity index (χ4n) is 5.51. The Morgan fingerprint density at radius 2 is 1.41 bits per heavy atom. The molecular formula is C33H47N. The van der Waals surface area contributed by atoms with Crippen LogP contribution in [0.1, 0.15) is 101 Å². The Morgan fingerprint density at radius 1 is 0.824 bits per heavy atom. The van der Waals surface area contributed by atoms with Gasteiger partial charge < -0.3 is 4.90 Å². The van der Waals surface area contributed by atoms with Gasteiger partial charge >= 0.3 is 0 Å². The van der Waals surface area contributed by atoms with Crippen LogP contribution in [0.25, 0.3) is 5.57 Å². The average Bonchev–Trinajstić information content (AvgIpc) is 3.36. The summed E-state index contributed by atoms with van der Waals surface area (Å²) in [4.78, 5) is 2.71. The summed E-state index contributed by atoms with van der Waals surface area (Å²) in [6.45, 7) is 19.6. The minimum Gasteiger partial charge on any atom is -0.303 e. The zero-order chi connectivity index (χ0) is 24.7. The molecule has 1 saturated heterocycles. The molecule has 1 unspecified atom stereocenters. The largest absolute Gasteiger partial charge is 0.303 e. The van der Waals surface area contributed by atoms with Crippen molar-refractivity contribution in [3.8, 4) is 0 Å². The van der Waals surface area contributed by atoms with Gasteiger partial charge in [-0.2, -0.15) is 0 Å². The van der Waals surface area contributed by atoms with Crippen molar-refractivity contribution in [3.05, 3.63) is 87.0 Å². The van der Waals surface area contributed by atoms with E-state index in [2.05, 4.69) is 95.8 Å². The van der Waals surface area contributed by atoms with Crippen molar-refractivity contribution in [2.75, 3.05) is 19.6 Å². The van der Waals surface area contributed by atoms with Crippen molar-refractivity contribution >= 4 is 5.57 Å². The lowest BCUT2D eigenvalue weighted by molar-refractivity contribution is 0.312. The summed E-state index contributed by atoms with van der Waals surface area (Å²) in [6.07, 6.45) is 9.53. The molecule has 1 aliphatic heterocycles. The topological polar surface area (TPSA) is 3.24 Å². The maximum absolute atomic E-state index is 2.71. The highest BCUT2D eigenvalue weighted by Crippen LogP contribution is 2.34. The van der Waals surface area contributed by atoms with Crippen molar-refractivity contribution < 1.29 is 0 Å². The quantitative estimate of drug-likeness (QED) is 0.323. The van der Waals surface area contributed by atoms with Crippen LogP contribution in [0, 0.1) is 0 Å². The summed E-state index contributed by atoms with van der Waals surface area (Å²) >= 11 is 0. The highest BCUT2D eigenvalue weighted by molar-refractivity contribution is 5.71. The summed E-state index contributed by atoms with van der Waals surface area (Å²) in [5, 5.41) is 0. The Kier molecular flexibility index (Phi) is 9.77. The van der Waals surface area contributed by atoms with Crippen molar-refractivity contribution in [1.82, 2.24) is 4.90 Å². The fourth-order valence-corrected chi connectivity index (χ4v) is 5.51. The molecule has 0 aliphatic carbocycles. The van der Waals surface area contributed by atoms with Crippen LogP contribution < -0.4 is 0 Å². The number of rotatable bonds is 10. The molecule has 0 bridgehead atoms. The zero-order valence-electron chi connectivity index (χ0n) is 22.9. The van der Waals surface area contributed by atoms with Gasteiger partial charge in [0.05, 0.1) is 0 Å². The van der Waals surface area contributed by atoms with E-state index >= 15 is 0 Å². The smallest absolute Gasteiger partial charge is 0.00537 e. The second-order valence-electron chi connectivity index (χ2n) is 10.5. The molecule has 0 amide bonds.